The van der Waals surface area contributed by atoms with Gasteiger partial charge in [0.05, 0.1) is 45.7 Å². The number of benzene rings is 2. The normalized spacial score (nSPS) is 11.3. The third-order valence-electron chi connectivity index (χ3n) is 5.11. The molecule has 0 saturated carbocycles. The summed E-state index contributed by atoms with van der Waals surface area (Å²) in [7, 11) is 3.15. The van der Waals surface area contributed by atoms with E-state index in [0.717, 1.165) is 11.4 Å². The predicted molar refractivity (Wildman–Crippen MR) is 143 cm³/mol. The summed E-state index contributed by atoms with van der Waals surface area (Å²) < 4.78 is 15.1. The van der Waals surface area contributed by atoms with Gasteiger partial charge in [-0.15, -0.1) is 9.81 Å². The Morgan fingerprint density at radius 3 is 1.70 bits per heavy atom. The molecule has 0 aromatic heterocycles. The number of rotatable bonds is 18. The number of aliphatic hydroxyl groups excluding tert-OH is 3. The largest absolute Gasteiger partial charge is 0.395 e. The van der Waals surface area contributed by atoms with Crippen LogP contribution >= 0.6 is 0 Å². The molecule has 1 unspecified atom stereocenters. The molecule has 0 bridgehead atoms. The zero-order valence-corrected chi connectivity index (χ0v) is 21.4. The van der Waals surface area contributed by atoms with Crippen molar-refractivity contribution in [3.8, 4) is 0 Å². The molecule has 12 nitrogen and oxygen atoms in total. The van der Waals surface area contributed by atoms with Gasteiger partial charge in [-0.3, -0.25) is 0 Å². The van der Waals surface area contributed by atoms with Crippen LogP contribution in [-0.4, -0.2) is 101 Å². The standard InChI is InChI=1S/C13H20N2O4.C12H18N2O4/c1-18-10-11-19-9-7-15(6-8-16)13-4-2-12(14-17)3-5-13;1-18-9-12(16)8-14(6-7-15)11-4-2-10(13-17)3-5-11/h2-5,16H,6-11H2,1H3;2-5,12,15-16H,6-9H2,1H3. The number of nitroso groups, excluding NO2 is 2. The molecule has 0 aliphatic carbocycles. The summed E-state index contributed by atoms with van der Waals surface area (Å²) in [6.45, 7) is 3.87. The van der Waals surface area contributed by atoms with Gasteiger partial charge in [0.25, 0.3) is 0 Å². The van der Waals surface area contributed by atoms with E-state index in [1.54, 1.807) is 43.5 Å². The maximum atomic E-state index is 10.4. The molecule has 2 rings (SSSR count). The van der Waals surface area contributed by atoms with Crippen LogP contribution in [0, 0.1) is 9.81 Å². The molecular formula is C25H38N4O8. The van der Waals surface area contributed by atoms with Gasteiger partial charge in [-0.05, 0) is 58.9 Å². The van der Waals surface area contributed by atoms with Crippen molar-refractivity contribution in [3.05, 3.63) is 58.3 Å². The average molecular weight is 523 g/mol. The molecule has 0 radical (unpaired) electrons. The predicted octanol–water partition coefficient (Wildman–Crippen LogP) is 2.44. The van der Waals surface area contributed by atoms with Crippen LogP contribution in [0.15, 0.2) is 58.9 Å². The van der Waals surface area contributed by atoms with E-state index < -0.39 is 6.10 Å². The van der Waals surface area contributed by atoms with Crippen molar-refractivity contribution >= 4 is 22.7 Å². The molecule has 2 aromatic carbocycles. The number of nitrogens with zero attached hydrogens (tertiary/aromatic N) is 4. The number of ether oxygens (including phenoxy) is 3. The van der Waals surface area contributed by atoms with Crippen LogP contribution in [0.25, 0.3) is 0 Å². The monoisotopic (exact) mass is 522 g/mol. The Labute approximate surface area is 217 Å². The zero-order valence-electron chi connectivity index (χ0n) is 21.4. The molecule has 0 saturated heterocycles. The van der Waals surface area contributed by atoms with Crippen LogP contribution in [0.3, 0.4) is 0 Å². The van der Waals surface area contributed by atoms with Crippen LogP contribution in [0.2, 0.25) is 0 Å². The van der Waals surface area contributed by atoms with Gasteiger partial charge in [-0.1, -0.05) is 0 Å². The molecule has 2 aromatic rings. The number of anilines is 2. The molecule has 206 valence electrons. The summed E-state index contributed by atoms with van der Waals surface area (Å²) in [6.07, 6.45) is -0.634. The van der Waals surface area contributed by atoms with Crippen LogP contribution in [-0.2, 0) is 14.2 Å². The highest BCUT2D eigenvalue weighted by atomic mass is 16.5. The molecule has 3 N–H and O–H groups in total. The maximum absolute atomic E-state index is 10.4. The summed E-state index contributed by atoms with van der Waals surface area (Å²) in [5.41, 5.74) is 2.48. The Kier molecular flexibility index (Phi) is 17.4. The van der Waals surface area contributed by atoms with E-state index in [-0.39, 0.29) is 19.8 Å². The highest BCUT2D eigenvalue weighted by Gasteiger charge is 2.12. The Balaban J connectivity index is 0.000000371. The number of hydrogen-bond acceptors (Lipinski definition) is 12. The van der Waals surface area contributed by atoms with Crippen LogP contribution in [0.5, 0.6) is 0 Å². The van der Waals surface area contributed by atoms with Gasteiger partial charge in [0.1, 0.15) is 11.4 Å². The Hall–Kier alpha value is -3.00. The van der Waals surface area contributed by atoms with Crippen molar-refractivity contribution in [1.82, 2.24) is 0 Å². The third kappa shape index (κ3) is 13.2. The first-order chi connectivity index (χ1) is 18.0. The Morgan fingerprint density at radius 1 is 0.730 bits per heavy atom. The summed E-state index contributed by atoms with van der Waals surface area (Å²) >= 11 is 0. The molecule has 0 amide bonds. The SMILES string of the molecule is COCC(O)CN(CCO)c1ccc(N=O)cc1.COCCOCCN(CCO)c1ccc(N=O)cc1. The summed E-state index contributed by atoms with van der Waals surface area (Å²) in [6, 6.07) is 13.6. The fraction of sp³-hybridized carbons (Fsp3) is 0.520. The van der Waals surface area contributed by atoms with E-state index in [4.69, 9.17) is 24.4 Å². The van der Waals surface area contributed by atoms with Crippen LogP contribution in [0.4, 0.5) is 22.7 Å². The molecule has 0 fully saturated rings. The number of hydrogen-bond donors (Lipinski definition) is 3. The first kappa shape index (κ1) is 32.0. The first-order valence-corrected chi connectivity index (χ1v) is 11.8. The minimum atomic E-state index is -0.634. The van der Waals surface area contributed by atoms with Gasteiger partial charge < -0.3 is 39.3 Å². The van der Waals surface area contributed by atoms with Gasteiger partial charge in [-0.25, -0.2) is 0 Å². The van der Waals surface area contributed by atoms with Gasteiger partial charge >= 0.3 is 0 Å². The maximum Gasteiger partial charge on any atom is 0.108 e. The lowest BCUT2D eigenvalue weighted by molar-refractivity contribution is 0.0683. The van der Waals surface area contributed by atoms with Crippen molar-refractivity contribution in [2.24, 2.45) is 10.4 Å². The van der Waals surface area contributed by atoms with E-state index in [0.29, 0.717) is 57.4 Å². The van der Waals surface area contributed by atoms with E-state index in [1.165, 1.54) is 7.11 Å². The van der Waals surface area contributed by atoms with Crippen molar-refractivity contribution in [3.63, 3.8) is 0 Å². The van der Waals surface area contributed by atoms with Gasteiger partial charge in [0.15, 0.2) is 0 Å². The third-order valence-corrected chi connectivity index (χ3v) is 5.11. The fourth-order valence-corrected chi connectivity index (χ4v) is 3.30. The molecular weight excluding hydrogens is 484 g/mol. The minimum absolute atomic E-state index is 0.0205. The molecule has 0 aliphatic heterocycles. The quantitative estimate of drug-likeness (QED) is 0.196. The van der Waals surface area contributed by atoms with Gasteiger partial charge in [0, 0.05) is 51.8 Å². The van der Waals surface area contributed by atoms with Crippen molar-refractivity contribution in [1.29, 1.82) is 0 Å². The number of aliphatic hydroxyl groups is 3. The van der Waals surface area contributed by atoms with E-state index in [2.05, 4.69) is 10.4 Å². The van der Waals surface area contributed by atoms with Gasteiger partial charge in [0.2, 0.25) is 0 Å². The fourth-order valence-electron chi connectivity index (χ4n) is 3.30. The summed E-state index contributed by atoms with van der Waals surface area (Å²) in [5.74, 6) is 0. The summed E-state index contributed by atoms with van der Waals surface area (Å²) in [5, 5.41) is 33.5. The smallest absolute Gasteiger partial charge is 0.108 e. The second-order valence-corrected chi connectivity index (χ2v) is 7.81. The van der Waals surface area contributed by atoms with E-state index >= 15 is 0 Å². The van der Waals surface area contributed by atoms with Crippen molar-refractivity contribution in [2.45, 2.75) is 6.10 Å². The highest BCUT2D eigenvalue weighted by Crippen LogP contribution is 2.20. The van der Waals surface area contributed by atoms with Crippen molar-refractivity contribution < 1.29 is 29.5 Å². The highest BCUT2D eigenvalue weighted by molar-refractivity contribution is 5.53. The lowest BCUT2D eigenvalue weighted by atomic mass is 10.2. The zero-order chi connectivity index (χ0) is 27.3. The summed E-state index contributed by atoms with van der Waals surface area (Å²) in [4.78, 5) is 24.5. The molecule has 37 heavy (non-hydrogen) atoms. The van der Waals surface area contributed by atoms with Crippen LogP contribution < -0.4 is 9.80 Å². The lowest BCUT2D eigenvalue weighted by Gasteiger charge is -2.26. The second kappa shape index (κ2) is 20.1. The Morgan fingerprint density at radius 2 is 1.24 bits per heavy atom. The van der Waals surface area contributed by atoms with E-state index in [9.17, 15) is 14.9 Å². The molecule has 12 heteroatoms. The van der Waals surface area contributed by atoms with Crippen LogP contribution in [0.1, 0.15) is 0 Å². The van der Waals surface area contributed by atoms with E-state index in [1.807, 2.05) is 21.9 Å². The topological polar surface area (TPSA) is 154 Å². The molecule has 0 aliphatic rings. The molecule has 0 spiro atoms. The molecule has 0 heterocycles. The Bertz CT molecular complexity index is 855. The van der Waals surface area contributed by atoms with Crippen molar-refractivity contribution in [2.75, 3.05) is 89.8 Å². The first-order valence-electron chi connectivity index (χ1n) is 11.8. The van der Waals surface area contributed by atoms with Gasteiger partial charge in [-0.2, -0.15) is 0 Å². The minimum Gasteiger partial charge on any atom is -0.395 e. The average Bonchev–Trinajstić information content (AvgIpc) is 2.93. The second-order valence-electron chi connectivity index (χ2n) is 7.81. The molecule has 1 atom stereocenters. The number of methoxy groups -OCH3 is 2. The lowest BCUT2D eigenvalue weighted by Crippen LogP contribution is -2.36.